The summed E-state index contributed by atoms with van der Waals surface area (Å²) >= 11 is 9.29. The number of furan rings is 1. The maximum absolute atomic E-state index is 13.6. The fourth-order valence-corrected chi connectivity index (χ4v) is 2.85. The second-order valence-corrected chi connectivity index (χ2v) is 5.63. The van der Waals surface area contributed by atoms with Crippen molar-refractivity contribution in [1.29, 1.82) is 0 Å². The second-order valence-electron chi connectivity index (χ2n) is 4.43. The fraction of sp³-hybridized carbons (Fsp3) is 0.0667. The lowest BCUT2D eigenvalue weighted by atomic mass is 10.1. The third-order valence-electron chi connectivity index (χ3n) is 3.14. The van der Waals surface area contributed by atoms with Crippen LogP contribution in [0, 0.1) is 5.82 Å². The first-order valence-electron chi connectivity index (χ1n) is 5.95. The van der Waals surface area contributed by atoms with Gasteiger partial charge in [-0.1, -0.05) is 35.9 Å². The van der Waals surface area contributed by atoms with Crippen LogP contribution in [0.3, 0.4) is 0 Å². The van der Waals surface area contributed by atoms with Crippen molar-refractivity contribution in [2.75, 3.05) is 0 Å². The molecule has 1 atom stereocenters. The van der Waals surface area contributed by atoms with Crippen molar-refractivity contribution in [3.05, 3.63) is 69.1 Å². The third kappa shape index (κ3) is 2.24. The van der Waals surface area contributed by atoms with E-state index >= 15 is 0 Å². The molecular formula is C15H10BrClFNO. The number of fused-ring (bicyclic) bond motifs is 1. The van der Waals surface area contributed by atoms with Crippen LogP contribution in [0.15, 0.2) is 51.4 Å². The highest BCUT2D eigenvalue weighted by Gasteiger charge is 2.19. The largest absolute Gasteiger partial charge is 0.457 e. The predicted octanol–water partition coefficient (Wildman–Crippen LogP) is 5.04. The van der Waals surface area contributed by atoms with E-state index < -0.39 is 6.04 Å². The molecule has 0 radical (unpaired) electrons. The van der Waals surface area contributed by atoms with Gasteiger partial charge in [-0.3, -0.25) is 0 Å². The minimum absolute atomic E-state index is 0.346. The summed E-state index contributed by atoms with van der Waals surface area (Å²) in [5.74, 6) is 0.187. The van der Waals surface area contributed by atoms with Gasteiger partial charge in [0.05, 0.1) is 15.5 Å². The van der Waals surface area contributed by atoms with Crippen LogP contribution in [0.1, 0.15) is 17.4 Å². The Hall–Kier alpha value is -1.36. The summed E-state index contributed by atoms with van der Waals surface area (Å²) in [5.41, 5.74) is 7.38. The molecule has 102 valence electrons. The Morgan fingerprint density at radius 1 is 1.20 bits per heavy atom. The first kappa shape index (κ1) is 13.6. The van der Waals surface area contributed by atoms with Crippen molar-refractivity contribution in [1.82, 2.24) is 0 Å². The number of rotatable bonds is 2. The van der Waals surface area contributed by atoms with E-state index in [0.717, 1.165) is 5.39 Å². The van der Waals surface area contributed by atoms with Crippen LogP contribution < -0.4 is 5.73 Å². The highest BCUT2D eigenvalue weighted by atomic mass is 79.9. The molecule has 5 heteroatoms. The van der Waals surface area contributed by atoms with Crippen LogP contribution in [0.2, 0.25) is 5.02 Å². The molecular weight excluding hydrogens is 345 g/mol. The van der Waals surface area contributed by atoms with E-state index in [4.69, 9.17) is 21.8 Å². The molecule has 0 spiro atoms. The van der Waals surface area contributed by atoms with Crippen molar-refractivity contribution in [2.24, 2.45) is 5.73 Å². The van der Waals surface area contributed by atoms with Crippen LogP contribution in [-0.2, 0) is 0 Å². The van der Waals surface area contributed by atoms with E-state index in [1.165, 1.54) is 6.07 Å². The molecule has 0 saturated heterocycles. The van der Waals surface area contributed by atoms with Gasteiger partial charge >= 0.3 is 0 Å². The minimum Gasteiger partial charge on any atom is -0.457 e. The van der Waals surface area contributed by atoms with E-state index in [2.05, 4.69) is 15.9 Å². The van der Waals surface area contributed by atoms with Gasteiger partial charge in [0.15, 0.2) is 5.58 Å². The molecule has 1 aromatic heterocycles. The molecule has 0 amide bonds. The fourth-order valence-electron chi connectivity index (χ4n) is 2.11. The molecule has 0 bridgehead atoms. The zero-order chi connectivity index (χ0) is 14.3. The summed E-state index contributed by atoms with van der Waals surface area (Å²) in [6.45, 7) is 0. The highest BCUT2D eigenvalue weighted by molar-refractivity contribution is 9.10. The summed E-state index contributed by atoms with van der Waals surface area (Å²) < 4.78 is 19.6. The Kier molecular flexibility index (Phi) is 3.54. The Morgan fingerprint density at radius 2 is 1.95 bits per heavy atom. The van der Waals surface area contributed by atoms with Crippen LogP contribution >= 0.6 is 27.5 Å². The number of para-hydroxylation sites is 1. The standard InChI is InChI=1S/C15H10BrClFNO/c16-13-9(4-2-6-11(13)18)14(19)12-7-8-3-1-5-10(17)15(8)20-12/h1-7,14H,19H2. The monoisotopic (exact) mass is 353 g/mol. The van der Waals surface area contributed by atoms with Crippen LogP contribution in [0.5, 0.6) is 0 Å². The summed E-state index contributed by atoms with van der Waals surface area (Å²) in [6.07, 6.45) is 0. The highest BCUT2D eigenvalue weighted by Crippen LogP contribution is 2.33. The first-order chi connectivity index (χ1) is 9.58. The molecule has 2 N–H and O–H groups in total. The van der Waals surface area contributed by atoms with Crippen molar-refractivity contribution >= 4 is 38.5 Å². The molecule has 3 aromatic rings. The molecule has 20 heavy (non-hydrogen) atoms. The topological polar surface area (TPSA) is 39.2 Å². The van der Waals surface area contributed by atoms with Crippen molar-refractivity contribution < 1.29 is 8.81 Å². The summed E-state index contributed by atoms with van der Waals surface area (Å²) in [5, 5.41) is 1.40. The molecule has 0 aliphatic heterocycles. The van der Waals surface area contributed by atoms with E-state index in [0.29, 0.717) is 26.4 Å². The maximum atomic E-state index is 13.6. The van der Waals surface area contributed by atoms with Gasteiger partial charge in [0.2, 0.25) is 0 Å². The number of nitrogens with two attached hydrogens (primary N) is 1. The molecule has 2 nitrogen and oxygen atoms in total. The van der Waals surface area contributed by atoms with Gasteiger partial charge in [0.25, 0.3) is 0 Å². The van der Waals surface area contributed by atoms with Gasteiger partial charge in [0, 0.05) is 5.39 Å². The lowest BCUT2D eigenvalue weighted by Crippen LogP contribution is -2.12. The van der Waals surface area contributed by atoms with Gasteiger partial charge in [-0.15, -0.1) is 0 Å². The average Bonchev–Trinajstić information content (AvgIpc) is 2.87. The average molecular weight is 355 g/mol. The SMILES string of the molecule is NC(c1cc2cccc(Cl)c2o1)c1cccc(F)c1Br. The quantitative estimate of drug-likeness (QED) is 0.700. The summed E-state index contributed by atoms with van der Waals surface area (Å²) in [7, 11) is 0. The molecule has 0 saturated carbocycles. The summed E-state index contributed by atoms with van der Waals surface area (Å²) in [6, 6.07) is 11.5. The minimum atomic E-state index is -0.566. The Morgan fingerprint density at radius 3 is 2.70 bits per heavy atom. The number of hydrogen-bond donors (Lipinski definition) is 1. The maximum Gasteiger partial charge on any atom is 0.152 e. The van der Waals surface area contributed by atoms with Crippen LogP contribution in [0.25, 0.3) is 11.0 Å². The molecule has 0 aliphatic rings. The van der Waals surface area contributed by atoms with E-state index in [-0.39, 0.29) is 5.82 Å². The van der Waals surface area contributed by atoms with Gasteiger partial charge < -0.3 is 10.2 Å². The Labute approximate surface area is 128 Å². The van der Waals surface area contributed by atoms with Crippen LogP contribution in [0.4, 0.5) is 4.39 Å². The molecule has 2 aromatic carbocycles. The smallest absolute Gasteiger partial charge is 0.152 e. The molecule has 0 aliphatic carbocycles. The van der Waals surface area contributed by atoms with Gasteiger partial charge in [0.1, 0.15) is 11.6 Å². The van der Waals surface area contributed by atoms with E-state index in [1.807, 2.05) is 18.2 Å². The van der Waals surface area contributed by atoms with Crippen molar-refractivity contribution in [3.8, 4) is 0 Å². The third-order valence-corrected chi connectivity index (χ3v) is 4.27. The molecule has 1 unspecified atom stereocenters. The van der Waals surface area contributed by atoms with Crippen molar-refractivity contribution in [3.63, 3.8) is 0 Å². The van der Waals surface area contributed by atoms with Gasteiger partial charge in [-0.05, 0) is 39.7 Å². The molecule has 3 rings (SSSR count). The van der Waals surface area contributed by atoms with Gasteiger partial charge in [-0.25, -0.2) is 4.39 Å². The normalized spacial score (nSPS) is 12.8. The zero-order valence-electron chi connectivity index (χ0n) is 10.2. The predicted molar refractivity (Wildman–Crippen MR) is 81.4 cm³/mol. The number of hydrogen-bond acceptors (Lipinski definition) is 2. The lowest BCUT2D eigenvalue weighted by Gasteiger charge is -2.11. The Balaban J connectivity index is 2.10. The van der Waals surface area contributed by atoms with Gasteiger partial charge in [-0.2, -0.15) is 0 Å². The number of benzene rings is 2. The summed E-state index contributed by atoms with van der Waals surface area (Å²) in [4.78, 5) is 0. The number of halogens is 3. The molecule has 1 heterocycles. The lowest BCUT2D eigenvalue weighted by molar-refractivity contribution is 0.522. The Bertz CT molecular complexity index is 787. The molecule has 0 fully saturated rings. The van der Waals surface area contributed by atoms with Crippen LogP contribution in [-0.4, -0.2) is 0 Å². The second kappa shape index (κ2) is 5.20. The van der Waals surface area contributed by atoms with E-state index in [1.54, 1.807) is 18.2 Å². The first-order valence-corrected chi connectivity index (χ1v) is 7.12. The zero-order valence-corrected chi connectivity index (χ0v) is 12.6. The van der Waals surface area contributed by atoms with E-state index in [9.17, 15) is 4.39 Å². The van der Waals surface area contributed by atoms with Crippen molar-refractivity contribution in [2.45, 2.75) is 6.04 Å².